The molecule has 1 heterocycles. The van der Waals surface area contributed by atoms with Gasteiger partial charge in [-0.25, -0.2) is 13.4 Å². The van der Waals surface area contributed by atoms with Crippen molar-refractivity contribution in [2.24, 2.45) is 0 Å². The fraction of sp³-hybridized carbons (Fsp3) is 0.259. The van der Waals surface area contributed by atoms with Crippen molar-refractivity contribution in [1.29, 1.82) is 0 Å². The van der Waals surface area contributed by atoms with Crippen molar-refractivity contribution >= 4 is 33.0 Å². The summed E-state index contributed by atoms with van der Waals surface area (Å²) in [5.74, 6) is 0.335. The van der Waals surface area contributed by atoms with Gasteiger partial charge in [0.2, 0.25) is 5.95 Å². The minimum Gasteiger partial charge on any atom is -0.350 e. The molecule has 38 heavy (non-hydrogen) atoms. The molecule has 0 saturated heterocycles. The quantitative estimate of drug-likeness (QED) is 0.250. The second-order valence-electron chi connectivity index (χ2n) is 9.39. The lowest BCUT2D eigenvalue weighted by molar-refractivity contribution is -0.384. The van der Waals surface area contributed by atoms with Crippen molar-refractivity contribution in [2.45, 2.75) is 49.7 Å². The molecule has 2 atom stereocenters. The summed E-state index contributed by atoms with van der Waals surface area (Å²) in [5.41, 5.74) is 1.68. The van der Waals surface area contributed by atoms with E-state index in [9.17, 15) is 18.5 Å². The summed E-state index contributed by atoms with van der Waals surface area (Å²) in [5, 5.41) is 17.8. The smallest absolute Gasteiger partial charge is 0.269 e. The van der Waals surface area contributed by atoms with Crippen molar-refractivity contribution < 1.29 is 13.3 Å². The summed E-state index contributed by atoms with van der Waals surface area (Å²) in [6.07, 6.45) is 8.67. The first-order chi connectivity index (χ1) is 18.1. The van der Waals surface area contributed by atoms with Gasteiger partial charge in [0.15, 0.2) is 0 Å². The van der Waals surface area contributed by atoms with Crippen molar-refractivity contribution in [1.82, 2.24) is 15.3 Å². The zero-order chi connectivity index (χ0) is 27.3. The minimum atomic E-state index is -4.00. The first kappa shape index (κ1) is 27.0. The number of hydrogen-bond acceptors (Lipinski definition) is 8. The molecule has 0 aliphatic heterocycles. The molecule has 0 bridgehead atoms. The van der Waals surface area contributed by atoms with Gasteiger partial charge in [0.1, 0.15) is 5.82 Å². The van der Waals surface area contributed by atoms with Crippen molar-refractivity contribution in [2.75, 3.05) is 10.0 Å². The Balaban J connectivity index is 1.51. The highest BCUT2D eigenvalue weighted by Crippen LogP contribution is 2.31. The van der Waals surface area contributed by atoms with Gasteiger partial charge < -0.3 is 10.6 Å². The van der Waals surface area contributed by atoms with Crippen LogP contribution >= 0.6 is 0 Å². The fourth-order valence-corrected chi connectivity index (χ4v) is 5.34. The summed E-state index contributed by atoms with van der Waals surface area (Å²) in [7, 11) is -4.00. The number of aromatic nitrogens is 2. The molecule has 3 aromatic rings. The van der Waals surface area contributed by atoms with E-state index < -0.39 is 20.5 Å². The van der Waals surface area contributed by atoms with E-state index in [-0.39, 0.29) is 34.4 Å². The third kappa shape index (κ3) is 6.24. The van der Waals surface area contributed by atoms with Crippen LogP contribution in [0.5, 0.6) is 0 Å². The number of rotatable bonds is 10. The molecule has 2 aromatic carbocycles. The Morgan fingerprint density at radius 2 is 1.74 bits per heavy atom. The van der Waals surface area contributed by atoms with Crippen LogP contribution in [0.1, 0.15) is 32.8 Å². The Labute approximate surface area is 222 Å². The molecule has 3 N–H and O–H groups in total. The average Bonchev–Trinajstić information content (AvgIpc) is 2.89. The maximum atomic E-state index is 12.8. The summed E-state index contributed by atoms with van der Waals surface area (Å²) in [6, 6.07) is 16.3. The zero-order valence-corrected chi connectivity index (χ0v) is 22.1. The van der Waals surface area contributed by atoms with Gasteiger partial charge in [0, 0.05) is 30.4 Å². The zero-order valence-electron chi connectivity index (χ0n) is 21.3. The molecule has 11 heteroatoms. The molecule has 1 aliphatic carbocycles. The van der Waals surface area contributed by atoms with E-state index in [1.54, 1.807) is 0 Å². The van der Waals surface area contributed by atoms with Crippen LogP contribution in [0.3, 0.4) is 0 Å². The summed E-state index contributed by atoms with van der Waals surface area (Å²) in [4.78, 5) is 18.8. The van der Waals surface area contributed by atoms with Gasteiger partial charge in [-0.2, -0.15) is 4.98 Å². The van der Waals surface area contributed by atoms with Gasteiger partial charge in [0.05, 0.1) is 15.4 Å². The molecule has 1 aliphatic rings. The number of anilines is 2. The van der Waals surface area contributed by atoms with E-state index in [0.717, 1.165) is 29.7 Å². The van der Waals surface area contributed by atoms with Gasteiger partial charge >= 0.3 is 0 Å². The van der Waals surface area contributed by atoms with Crippen molar-refractivity contribution in [3.05, 3.63) is 101 Å². The molecule has 0 fully saturated rings. The molecule has 0 spiro atoms. The molecule has 0 radical (unpaired) electrons. The van der Waals surface area contributed by atoms with Gasteiger partial charge in [-0.1, -0.05) is 48.6 Å². The normalized spacial score (nSPS) is 18.1. The second kappa shape index (κ2) is 11.1. The minimum absolute atomic E-state index is 0.0735. The Bertz CT molecular complexity index is 1460. The number of benzene rings is 2. The van der Waals surface area contributed by atoms with Crippen molar-refractivity contribution in [3.8, 4) is 0 Å². The average molecular weight is 535 g/mol. The largest absolute Gasteiger partial charge is 0.350 e. The Kier molecular flexibility index (Phi) is 7.88. The standard InChI is InChI=1S/C27H30N6O4S/c1-19(2)31-27(16-13-22(14-17-27)21-7-5-4-6-8-21)20(3)29-26-28-18-15-25(30-26)32-38(36,37)24-11-9-23(10-12-24)33(34)35/h4-16,18-20,31H,17H2,1-3H3,(H2,28,29,30,32). The lowest BCUT2D eigenvalue weighted by atomic mass is 9.81. The topological polar surface area (TPSA) is 139 Å². The number of hydrogen-bond donors (Lipinski definition) is 3. The summed E-state index contributed by atoms with van der Waals surface area (Å²) >= 11 is 0. The number of nitro groups is 1. The molecule has 10 nitrogen and oxygen atoms in total. The highest BCUT2D eigenvalue weighted by molar-refractivity contribution is 7.92. The third-order valence-corrected chi connectivity index (χ3v) is 7.63. The number of sulfonamides is 1. The lowest BCUT2D eigenvalue weighted by Crippen LogP contribution is -2.57. The monoisotopic (exact) mass is 534 g/mol. The maximum absolute atomic E-state index is 12.8. The van der Waals surface area contributed by atoms with Gasteiger partial charge in [-0.3, -0.25) is 14.8 Å². The number of nitrogens with one attached hydrogen (secondary N) is 3. The lowest BCUT2D eigenvalue weighted by Gasteiger charge is -2.41. The van der Waals surface area contributed by atoms with Gasteiger partial charge in [0.25, 0.3) is 15.7 Å². The highest BCUT2D eigenvalue weighted by Gasteiger charge is 2.35. The van der Waals surface area contributed by atoms with Crippen LogP contribution in [-0.2, 0) is 10.0 Å². The van der Waals surface area contributed by atoms with Gasteiger partial charge in [-0.05, 0) is 56.5 Å². The number of nitro benzene ring substituents is 1. The Morgan fingerprint density at radius 1 is 1.03 bits per heavy atom. The Hall–Kier alpha value is -4.09. The fourth-order valence-electron chi connectivity index (χ4n) is 4.34. The Morgan fingerprint density at radius 3 is 2.34 bits per heavy atom. The highest BCUT2D eigenvalue weighted by atomic mass is 32.2. The van der Waals surface area contributed by atoms with Crippen LogP contribution < -0.4 is 15.4 Å². The third-order valence-electron chi connectivity index (χ3n) is 6.26. The van der Waals surface area contributed by atoms with E-state index in [4.69, 9.17) is 0 Å². The van der Waals surface area contributed by atoms with Crippen LogP contribution in [0.2, 0.25) is 0 Å². The maximum Gasteiger partial charge on any atom is 0.269 e. The van der Waals surface area contributed by atoms with Crippen LogP contribution in [0.4, 0.5) is 17.5 Å². The van der Waals surface area contributed by atoms with E-state index in [2.05, 4.69) is 69.5 Å². The predicted molar refractivity (Wildman–Crippen MR) is 148 cm³/mol. The summed E-state index contributed by atoms with van der Waals surface area (Å²) < 4.78 is 28.0. The van der Waals surface area contributed by atoms with E-state index in [1.165, 1.54) is 24.4 Å². The first-order valence-corrected chi connectivity index (χ1v) is 13.7. The first-order valence-electron chi connectivity index (χ1n) is 12.2. The molecular formula is C27H30N6O4S. The van der Waals surface area contributed by atoms with Crippen LogP contribution in [-0.4, -0.2) is 40.9 Å². The summed E-state index contributed by atoms with van der Waals surface area (Å²) in [6.45, 7) is 6.20. The SMILES string of the molecule is CC(C)NC1(C(C)Nc2nccc(NS(=O)(=O)c3ccc([N+](=O)[O-])cc3)n2)C=CC(c2ccccc2)=CC1. The second-order valence-corrected chi connectivity index (χ2v) is 11.1. The molecule has 0 saturated carbocycles. The molecule has 4 rings (SSSR count). The molecule has 2 unspecified atom stereocenters. The van der Waals surface area contributed by atoms with E-state index in [0.29, 0.717) is 0 Å². The number of non-ortho nitro benzene ring substituents is 1. The predicted octanol–water partition coefficient (Wildman–Crippen LogP) is 4.77. The molecule has 0 amide bonds. The van der Waals surface area contributed by atoms with Crippen LogP contribution in [0.25, 0.3) is 5.57 Å². The van der Waals surface area contributed by atoms with Gasteiger partial charge in [-0.15, -0.1) is 0 Å². The van der Waals surface area contributed by atoms with Crippen molar-refractivity contribution in [3.63, 3.8) is 0 Å². The number of allylic oxidation sites excluding steroid dienone is 2. The molecule has 1 aromatic heterocycles. The van der Waals surface area contributed by atoms with Crippen LogP contribution in [0.15, 0.2) is 90.0 Å². The molecular weight excluding hydrogens is 504 g/mol. The van der Waals surface area contributed by atoms with E-state index >= 15 is 0 Å². The van der Waals surface area contributed by atoms with E-state index in [1.807, 2.05) is 25.1 Å². The van der Waals surface area contributed by atoms with Crippen LogP contribution in [0, 0.1) is 10.1 Å². The molecule has 198 valence electrons. The number of nitrogens with zero attached hydrogens (tertiary/aromatic N) is 3.